The van der Waals surface area contributed by atoms with Crippen LogP contribution in [0.4, 0.5) is 4.79 Å². The number of rotatable bonds is 6. The van der Waals surface area contributed by atoms with E-state index >= 15 is 0 Å². The molecular formula is C17H23NO5. The summed E-state index contributed by atoms with van der Waals surface area (Å²) in [5.74, 6) is -0.107. The average molecular weight is 321 g/mol. The van der Waals surface area contributed by atoms with Gasteiger partial charge in [-0.15, -0.1) is 0 Å². The highest BCUT2D eigenvalue weighted by Gasteiger charge is 2.52. The number of hydrogen-bond acceptors (Lipinski definition) is 5. The number of hydrogen-bond donors (Lipinski definition) is 0. The molecule has 6 heteroatoms. The Labute approximate surface area is 136 Å². The van der Waals surface area contributed by atoms with Crippen molar-refractivity contribution in [2.24, 2.45) is 0 Å². The molecule has 1 aromatic rings. The Kier molecular flexibility index (Phi) is 5.98. The van der Waals surface area contributed by atoms with E-state index in [0.29, 0.717) is 31.7 Å². The summed E-state index contributed by atoms with van der Waals surface area (Å²) in [5.41, 5.74) is -1.39. The molecule has 1 aliphatic rings. The first kappa shape index (κ1) is 17.3. The lowest BCUT2D eigenvalue weighted by Crippen LogP contribution is -2.56. The summed E-state index contributed by atoms with van der Waals surface area (Å²) in [7, 11) is 1.41. The van der Waals surface area contributed by atoms with Crippen LogP contribution in [0.1, 0.15) is 32.6 Å². The van der Waals surface area contributed by atoms with Crippen molar-refractivity contribution in [2.45, 2.75) is 38.3 Å². The van der Waals surface area contributed by atoms with Gasteiger partial charge >= 0.3 is 12.1 Å². The molecule has 1 amide bonds. The summed E-state index contributed by atoms with van der Waals surface area (Å²) in [5, 5.41) is 0. The Bertz CT molecular complexity index is 533. The maximum Gasteiger partial charge on any atom is 0.417 e. The SMILES string of the molecule is CCCCOC(=O)[C@]1(OC)CCCN1C(=O)Oc1ccccc1. The van der Waals surface area contributed by atoms with E-state index in [1.807, 2.05) is 13.0 Å². The normalized spacial score (nSPS) is 20.3. The van der Waals surface area contributed by atoms with E-state index in [1.54, 1.807) is 24.3 Å². The van der Waals surface area contributed by atoms with E-state index in [2.05, 4.69) is 0 Å². The second-order valence-corrected chi connectivity index (χ2v) is 5.41. The number of methoxy groups -OCH3 is 1. The third kappa shape index (κ3) is 3.82. The summed E-state index contributed by atoms with van der Waals surface area (Å²) in [6.45, 7) is 2.73. The van der Waals surface area contributed by atoms with Gasteiger partial charge in [0.1, 0.15) is 5.75 Å². The minimum Gasteiger partial charge on any atom is -0.462 e. The van der Waals surface area contributed by atoms with Gasteiger partial charge in [0, 0.05) is 20.1 Å². The Morgan fingerprint density at radius 3 is 2.65 bits per heavy atom. The first-order chi connectivity index (χ1) is 11.1. The fraction of sp³-hybridized carbons (Fsp3) is 0.529. The van der Waals surface area contributed by atoms with Gasteiger partial charge in [-0.3, -0.25) is 4.90 Å². The van der Waals surface area contributed by atoms with Gasteiger partial charge in [0.15, 0.2) is 0 Å². The van der Waals surface area contributed by atoms with E-state index in [-0.39, 0.29) is 0 Å². The lowest BCUT2D eigenvalue weighted by atomic mass is 10.1. The van der Waals surface area contributed by atoms with Gasteiger partial charge in [0.05, 0.1) is 6.61 Å². The number of benzene rings is 1. The standard InChI is InChI=1S/C17H23NO5/c1-3-4-13-22-15(19)17(21-2)11-8-12-18(17)16(20)23-14-9-6-5-7-10-14/h5-7,9-10H,3-4,8,11-13H2,1-2H3/t17-/m1/s1. The van der Waals surface area contributed by atoms with Crippen molar-refractivity contribution in [3.8, 4) is 5.75 Å². The van der Waals surface area contributed by atoms with Crippen LogP contribution in [0.3, 0.4) is 0 Å². The van der Waals surface area contributed by atoms with E-state index < -0.39 is 17.8 Å². The van der Waals surface area contributed by atoms with Crippen molar-refractivity contribution in [2.75, 3.05) is 20.3 Å². The zero-order valence-electron chi connectivity index (χ0n) is 13.6. The molecule has 0 aliphatic carbocycles. The lowest BCUT2D eigenvalue weighted by molar-refractivity contribution is -0.185. The number of amides is 1. The molecule has 1 aliphatic heterocycles. The van der Waals surface area contributed by atoms with Gasteiger partial charge in [-0.25, -0.2) is 9.59 Å². The molecular weight excluding hydrogens is 298 g/mol. The van der Waals surface area contributed by atoms with Gasteiger partial charge in [-0.1, -0.05) is 31.5 Å². The highest BCUT2D eigenvalue weighted by atomic mass is 16.6. The Hall–Kier alpha value is -2.08. The van der Waals surface area contributed by atoms with Crippen LogP contribution in [-0.4, -0.2) is 42.9 Å². The smallest absolute Gasteiger partial charge is 0.417 e. The highest BCUT2D eigenvalue weighted by molar-refractivity contribution is 5.85. The summed E-state index contributed by atoms with van der Waals surface area (Å²) < 4.78 is 16.0. The van der Waals surface area contributed by atoms with Crippen molar-refractivity contribution < 1.29 is 23.8 Å². The molecule has 0 aromatic heterocycles. The molecule has 1 fully saturated rings. The molecule has 0 N–H and O–H groups in total. The van der Waals surface area contributed by atoms with Gasteiger partial charge < -0.3 is 14.2 Å². The molecule has 1 aromatic carbocycles. The summed E-state index contributed by atoms with van der Waals surface area (Å²) in [6.07, 6.45) is 2.15. The van der Waals surface area contributed by atoms with Crippen LogP contribution in [0.15, 0.2) is 30.3 Å². The molecule has 1 saturated heterocycles. The third-order valence-corrected chi connectivity index (χ3v) is 3.89. The monoisotopic (exact) mass is 321 g/mol. The van der Waals surface area contributed by atoms with E-state index in [4.69, 9.17) is 14.2 Å². The van der Waals surface area contributed by atoms with Gasteiger partial charge in [0.25, 0.3) is 0 Å². The number of carbonyl (C=O) groups excluding carboxylic acids is 2. The van der Waals surface area contributed by atoms with E-state index in [0.717, 1.165) is 12.8 Å². The van der Waals surface area contributed by atoms with E-state index in [9.17, 15) is 9.59 Å². The quantitative estimate of drug-likeness (QED) is 0.595. The van der Waals surface area contributed by atoms with Crippen molar-refractivity contribution in [3.05, 3.63) is 30.3 Å². The number of ether oxygens (including phenoxy) is 3. The highest BCUT2D eigenvalue weighted by Crippen LogP contribution is 2.32. The second kappa shape index (κ2) is 7.97. The molecule has 0 bridgehead atoms. The van der Waals surface area contributed by atoms with Crippen molar-refractivity contribution >= 4 is 12.1 Å². The van der Waals surface area contributed by atoms with Crippen LogP contribution < -0.4 is 4.74 Å². The fourth-order valence-electron chi connectivity index (χ4n) is 2.61. The minimum atomic E-state index is -1.39. The van der Waals surface area contributed by atoms with Crippen LogP contribution >= 0.6 is 0 Å². The van der Waals surface area contributed by atoms with Crippen LogP contribution in [0.25, 0.3) is 0 Å². The molecule has 0 unspecified atom stereocenters. The van der Waals surface area contributed by atoms with Crippen LogP contribution in [0.2, 0.25) is 0 Å². The number of carbonyl (C=O) groups is 2. The lowest BCUT2D eigenvalue weighted by Gasteiger charge is -2.33. The van der Waals surface area contributed by atoms with Crippen LogP contribution in [0.5, 0.6) is 5.75 Å². The molecule has 0 radical (unpaired) electrons. The zero-order valence-corrected chi connectivity index (χ0v) is 13.6. The van der Waals surface area contributed by atoms with Crippen molar-refractivity contribution in [1.82, 2.24) is 4.90 Å². The molecule has 1 heterocycles. The first-order valence-electron chi connectivity index (χ1n) is 7.91. The largest absolute Gasteiger partial charge is 0.462 e. The molecule has 23 heavy (non-hydrogen) atoms. The van der Waals surface area contributed by atoms with Crippen LogP contribution in [0, 0.1) is 0 Å². The Balaban J connectivity index is 2.09. The van der Waals surface area contributed by atoms with Gasteiger partial charge in [0.2, 0.25) is 5.72 Å². The molecule has 6 nitrogen and oxygen atoms in total. The Morgan fingerprint density at radius 2 is 2.00 bits per heavy atom. The first-order valence-corrected chi connectivity index (χ1v) is 7.91. The van der Waals surface area contributed by atoms with Gasteiger partial charge in [-0.2, -0.15) is 0 Å². The number of likely N-dealkylation sites (tertiary alicyclic amines) is 1. The second-order valence-electron chi connectivity index (χ2n) is 5.41. The van der Waals surface area contributed by atoms with E-state index in [1.165, 1.54) is 12.0 Å². The fourth-order valence-corrected chi connectivity index (χ4v) is 2.61. The average Bonchev–Trinajstić information content (AvgIpc) is 3.01. The predicted octanol–water partition coefficient (Wildman–Crippen LogP) is 2.97. The van der Waals surface area contributed by atoms with Crippen molar-refractivity contribution in [3.63, 3.8) is 0 Å². The summed E-state index contributed by atoms with van der Waals surface area (Å²) in [4.78, 5) is 26.2. The maximum absolute atomic E-state index is 12.4. The minimum absolute atomic E-state index is 0.321. The molecule has 0 saturated carbocycles. The molecule has 126 valence electrons. The topological polar surface area (TPSA) is 65.1 Å². The molecule has 0 spiro atoms. The van der Waals surface area contributed by atoms with Crippen LogP contribution in [-0.2, 0) is 14.3 Å². The molecule has 1 atom stereocenters. The number of unbranched alkanes of at least 4 members (excludes halogenated alkanes) is 1. The Morgan fingerprint density at radius 1 is 1.26 bits per heavy atom. The number of para-hydroxylation sites is 1. The number of esters is 1. The van der Waals surface area contributed by atoms with Crippen molar-refractivity contribution in [1.29, 1.82) is 0 Å². The summed E-state index contributed by atoms with van der Waals surface area (Å²) >= 11 is 0. The molecule has 2 rings (SSSR count). The van der Waals surface area contributed by atoms with Gasteiger partial charge in [-0.05, 0) is 25.0 Å². The maximum atomic E-state index is 12.4. The zero-order chi connectivity index (χ0) is 16.7. The third-order valence-electron chi connectivity index (χ3n) is 3.89. The number of nitrogens with zero attached hydrogens (tertiary/aromatic N) is 1. The summed E-state index contributed by atoms with van der Waals surface area (Å²) in [6, 6.07) is 8.74. The predicted molar refractivity (Wildman–Crippen MR) is 84.0 cm³/mol.